The van der Waals surface area contributed by atoms with Crippen LogP contribution in [-0.4, -0.2) is 18.6 Å². The molecule has 0 bridgehead atoms. The molecule has 5 nitrogen and oxygen atoms in total. The Kier molecular flexibility index (Phi) is 3.35. The molecular weight excluding hydrogens is 266 g/mol. The van der Waals surface area contributed by atoms with Crippen molar-refractivity contribution in [1.82, 2.24) is 0 Å². The van der Waals surface area contributed by atoms with Crippen LogP contribution in [0.2, 0.25) is 0 Å². The van der Waals surface area contributed by atoms with Gasteiger partial charge in [0.25, 0.3) is 10.0 Å². The van der Waals surface area contributed by atoms with Gasteiger partial charge in [-0.05, 0) is 31.2 Å². The molecule has 0 fully saturated rings. The lowest BCUT2D eigenvalue weighted by molar-refractivity contribution is 0.462. The summed E-state index contributed by atoms with van der Waals surface area (Å²) in [6, 6.07) is 9.91. The number of phenols is 2. The van der Waals surface area contributed by atoms with E-state index in [2.05, 4.69) is 4.72 Å². The smallest absolute Gasteiger partial charge is 0.262 e. The summed E-state index contributed by atoms with van der Waals surface area (Å²) in [6.07, 6.45) is 0. The maximum absolute atomic E-state index is 12.1. The van der Waals surface area contributed by atoms with Crippen LogP contribution in [-0.2, 0) is 10.0 Å². The zero-order valence-corrected chi connectivity index (χ0v) is 11.0. The highest BCUT2D eigenvalue weighted by molar-refractivity contribution is 7.92. The molecule has 0 amide bonds. The van der Waals surface area contributed by atoms with E-state index in [1.54, 1.807) is 12.1 Å². The van der Waals surface area contributed by atoms with Crippen LogP contribution in [0.1, 0.15) is 5.56 Å². The SMILES string of the molecule is Cc1ccc(S(=O)(=O)Nc2cc(O)ccc2O)cc1. The number of anilines is 1. The summed E-state index contributed by atoms with van der Waals surface area (Å²) >= 11 is 0. The quantitative estimate of drug-likeness (QED) is 0.594. The third-order valence-corrected chi connectivity index (χ3v) is 3.94. The Morgan fingerprint density at radius 2 is 1.63 bits per heavy atom. The van der Waals surface area contributed by atoms with Crippen molar-refractivity contribution >= 4 is 15.7 Å². The lowest BCUT2D eigenvalue weighted by Crippen LogP contribution is -2.12. The largest absolute Gasteiger partial charge is 0.508 e. The number of aryl methyl sites for hydroxylation is 1. The molecule has 0 radical (unpaired) electrons. The number of nitrogens with one attached hydrogen (secondary N) is 1. The van der Waals surface area contributed by atoms with Crippen LogP contribution in [0.25, 0.3) is 0 Å². The van der Waals surface area contributed by atoms with Crippen molar-refractivity contribution in [2.24, 2.45) is 0 Å². The molecule has 2 aromatic rings. The summed E-state index contributed by atoms with van der Waals surface area (Å²) in [4.78, 5) is 0.0841. The van der Waals surface area contributed by atoms with Crippen LogP contribution in [0.3, 0.4) is 0 Å². The third kappa shape index (κ3) is 2.97. The Bertz CT molecular complexity index is 693. The molecule has 100 valence electrons. The van der Waals surface area contributed by atoms with E-state index >= 15 is 0 Å². The normalized spacial score (nSPS) is 11.2. The number of hydrogen-bond acceptors (Lipinski definition) is 4. The van der Waals surface area contributed by atoms with Gasteiger partial charge < -0.3 is 10.2 Å². The van der Waals surface area contributed by atoms with E-state index in [0.29, 0.717) is 0 Å². The fraction of sp³-hybridized carbons (Fsp3) is 0.0769. The van der Waals surface area contributed by atoms with Gasteiger partial charge in [0.1, 0.15) is 11.5 Å². The highest BCUT2D eigenvalue weighted by Gasteiger charge is 2.16. The summed E-state index contributed by atoms with van der Waals surface area (Å²) in [6.45, 7) is 1.85. The van der Waals surface area contributed by atoms with Crippen LogP contribution in [0.5, 0.6) is 11.5 Å². The molecular formula is C13H13NO4S. The van der Waals surface area contributed by atoms with Gasteiger partial charge in [-0.25, -0.2) is 8.42 Å². The zero-order chi connectivity index (χ0) is 14.0. The van der Waals surface area contributed by atoms with Gasteiger partial charge in [-0.15, -0.1) is 0 Å². The topological polar surface area (TPSA) is 86.6 Å². The Labute approximate surface area is 111 Å². The molecule has 0 saturated heterocycles. The molecule has 0 unspecified atom stereocenters. The van der Waals surface area contributed by atoms with Crippen molar-refractivity contribution in [2.45, 2.75) is 11.8 Å². The molecule has 0 saturated carbocycles. The number of aromatic hydroxyl groups is 2. The molecule has 0 aromatic heterocycles. The minimum Gasteiger partial charge on any atom is -0.508 e. The number of phenolic OH excluding ortho intramolecular Hbond substituents is 2. The maximum atomic E-state index is 12.1. The number of rotatable bonds is 3. The second-order valence-electron chi connectivity index (χ2n) is 4.12. The van der Waals surface area contributed by atoms with Crippen LogP contribution < -0.4 is 4.72 Å². The van der Waals surface area contributed by atoms with Gasteiger partial charge in [-0.1, -0.05) is 17.7 Å². The Hall–Kier alpha value is -2.21. The van der Waals surface area contributed by atoms with E-state index in [9.17, 15) is 18.6 Å². The molecule has 0 aliphatic heterocycles. The fourth-order valence-electron chi connectivity index (χ4n) is 1.53. The second-order valence-corrected chi connectivity index (χ2v) is 5.80. The number of benzene rings is 2. The summed E-state index contributed by atoms with van der Waals surface area (Å²) in [5, 5.41) is 18.8. The van der Waals surface area contributed by atoms with Gasteiger partial charge in [0.05, 0.1) is 10.6 Å². The van der Waals surface area contributed by atoms with Crippen LogP contribution >= 0.6 is 0 Å². The second kappa shape index (κ2) is 4.81. The molecule has 6 heteroatoms. The first-order chi connectivity index (χ1) is 8.88. The molecule has 0 aliphatic carbocycles. The van der Waals surface area contributed by atoms with E-state index in [1.165, 1.54) is 24.3 Å². The zero-order valence-electron chi connectivity index (χ0n) is 10.2. The molecule has 19 heavy (non-hydrogen) atoms. The lowest BCUT2D eigenvalue weighted by atomic mass is 10.2. The van der Waals surface area contributed by atoms with Crippen molar-refractivity contribution < 1.29 is 18.6 Å². The Morgan fingerprint density at radius 3 is 2.26 bits per heavy atom. The fourth-order valence-corrected chi connectivity index (χ4v) is 2.59. The minimum atomic E-state index is -3.79. The van der Waals surface area contributed by atoms with Gasteiger partial charge >= 0.3 is 0 Å². The van der Waals surface area contributed by atoms with Crippen molar-refractivity contribution in [1.29, 1.82) is 0 Å². The standard InChI is InChI=1S/C13H13NO4S/c1-9-2-5-11(6-3-9)19(17,18)14-12-8-10(15)4-7-13(12)16/h2-8,14-16H,1H3. The molecule has 0 aliphatic rings. The van der Waals surface area contributed by atoms with Crippen molar-refractivity contribution in [3.05, 3.63) is 48.0 Å². The molecule has 2 rings (SSSR count). The monoisotopic (exact) mass is 279 g/mol. The average molecular weight is 279 g/mol. The molecule has 3 N–H and O–H groups in total. The average Bonchev–Trinajstić information content (AvgIpc) is 2.34. The molecule has 0 spiro atoms. The van der Waals surface area contributed by atoms with Gasteiger partial charge in [0.15, 0.2) is 0 Å². The first-order valence-electron chi connectivity index (χ1n) is 5.50. The van der Waals surface area contributed by atoms with Crippen LogP contribution in [0, 0.1) is 6.92 Å². The van der Waals surface area contributed by atoms with Gasteiger partial charge in [-0.3, -0.25) is 4.72 Å². The van der Waals surface area contributed by atoms with E-state index in [0.717, 1.165) is 11.6 Å². The summed E-state index contributed by atoms with van der Waals surface area (Å²) in [7, 11) is -3.79. The predicted molar refractivity (Wildman–Crippen MR) is 71.8 cm³/mol. The Balaban J connectivity index is 2.36. The van der Waals surface area contributed by atoms with E-state index < -0.39 is 10.0 Å². The maximum Gasteiger partial charge on any atom is 0.262 e. The molecule has 0 atom stereocenters. The minimum absolute atomic E-state index is 0.0689. The highest BCUT2D eigenvalue weighted by Crippen LogP contribution is 2.29. The van der Waals surface area contributed by atoms with Crippen molar-refractivity contribution in [3.63, 3.8) is 0 Å². The van der Waals surface area contributed by atoms with Gasteiger partial charge in [-0.2, -0.15) is 0 Å². The van der Waals surface area contributed by atoms with Gasteiger partial charge in [0, 0.05) is 6.07 Å². The summed E-state index contributed by atoms with van der Waals surface area (Å²) in [5.41, 5.74) is 0.875. The lowest BCUT2D eigenvalue weighted by Gasteiger charge is -2.10. The van der Waals surface area contributed by atoms with E-state index in [-0.39, 0.29) is 22.1 Å². The van der Waals surface area contributed by atoms with E-state index in [4.69, 9.17) is 0 Å². The first-order valence-corrected chi connectivity index (χ1v) is 6.98. The predicted octanol–water partition coefficient (Wildman–Crippen LogP) is 2.21. The Morgan fingerprint density at radius 1 is 1.00 bits per heavy atom. The van der Waals surface area contributed by atoms with Crippen LogP contribution in [0.15, 0.2) is 47.4 Å². The first kappa shape index (κ1) is 13.2. The number of sulfonamides is 1. The van der Waals surface area contributed by atoms with Crippen molar-refractivity contribution in [2.75, 3.05) is 4.72 Å². The van der Waals surface area contributed by atoms with Crippen LogP contribution in [0.4, 0.5) is 5.69 Å². The van der Waals surface area contributed by atoms with E-state index in [1.807, 2.05) is 6.92 Å². The highest BCUT2D eigenvalue weighted by atomic mass is 32.2. The number of hydrogen-bond donors (Lipinski definition) is 3. The summed E-state index contributed by atoms with van der Waals surface area (Å²) in [5.74, 6) is -0.395. The molecule has 0 heterocycles. The van der Waals surface area contributed by atoms with Crippen molar-refractivity contribution in [3.8, 4) is 11.5 Å². The van der Waals surface area contributed by atoms with Gasteiger partial charge in [0.2, 0.25) is 0 Å². The third-order valence-electron chi connectivity index (χ3n) is 2.56. The summed E-state index contributed by atoms with van der Waals surface area (Å²) < 4.78 is 26.4. The molecule has 2 aromatic carbocycles.